The highest BCUT2D eigenvalue weighted by Gasteiger charge is 2.19. The van der Waals surface area contributed by atoms with Gasteiger partial charge in [-0.25, -0.2) is 0 Å². The monoisotopic (exact) mass is 428 g/mol. The minimum Gasteiger partial charge on any atom is -0.411 e. The van der Waals surface area contributed by atoms with Crippen molar-refractivity contribution in [2.45, 2.75) is 12.1 Å². The molecule has 154 valence electrons. The number of nitrogens with zero attached hydrogens (tertiary/aromatic N) is 3. The molecule has 1 amide bonds. The van der Waals surface area contributed by atoms with Gasteiger partial charge in [-0.2, -0.15) is 0 Å². The van der Waals surface area contributed by atoms with Gasteiger partial charge < -0.3 is 14.3 Å². The number of rotatable bonds is 6. The van der Waals surface area contributed by atoms with Gasteiger partial charge in [-0.1, -0.05) is 66.4 Å². The molecule has 0 spiro atoms. The summed E-state index contributed by atoms with van der Waals surface area (Å²) < 4.78 is 5.83. The predicted octanol–water partition coefficient (Wildman–Crippen LogP) is 5.52. The van der Waals surface area contributed by atoms with Crippen LogP contribution in [-0.4, -0.2) is 33.4 Å². The molecular weight excluding hydrogens is 408 g/mol. The number of anilines is 1. The maximum atomic E-state index is 13.0. The number of thioether (sulfide) groups is 1. The molecule has 0 bridgehead atoms. The van der Waals surface area contributed by atoms with E-state index >= 15 is 0 Å². The first kappa shape index (κ1) is 19.4. The molecule has 0 aliphatic carbocycles. The zero-order valence-electron chi connectivity index (χ0n) is 16.9. The molecule has 2 heterocycles. The molecule has 2 aromatic heterocycles. The number of amides is 1. The second-order valence-corrected chi connectivity index (χ2v) is 7.97. The van der Waals surface area contributed by atoms with Crippen LogP contribution >= 0.6 is 11.8 Å². The molecule has 7 heteroatoms. The number of hydrogen-bond acceptors (Lipinski definition) is 5. The number of H-pyrrole nitrogens is 1. The Morgan fingerprint density at radius 1 is 1.00 bits per heavy atom. The number of fused-ring (bicyclic) bond motifs is 2. The molecule has 31 heavy (non-hydrogen) atoms. The van der Waals surface area contributed by atoms with Crippen molar-refractivity contribution in [2.75, 3.05) is 17.2 Å². The maximum Gasteiger partial charge on any atom is 0.277 e. The molecule has 0 atom stereocenters. The first-order valence-corrected chi connectivity index (χ1v) is 11.0. The standard InChI is InChI=1S/C24H20N4O2S/c1-2-28(21-13-7-9-16-8-3-4-10-17(16)21)22(29)15-31-24-27-26-23(30-24)19-14-25-20-12-6-5-11-18(19)20/h3-14,25H,2,15H2,1H3. The van der Waals surface area contributed by atoms with Gasteiger partial charge in [0.15, 0.2) is 0 Å². The number of carbonyl (C=O) groups is 1. The van der Waals surface area contributed by atoms with Crippen LogP contribution in [0.2, 0.25) is 0 Å². The predicted molar refractivity (Wildman–Crippen MR) is 124 cm³/mol. The fraction of sp³-hybridized carbons (Fsp3) is 0.125. The summed E-state index contributed by atoms with van der Waals surface area (Å²) >= 11 is 1.25. The first-order valence-electron chi connectivity index (χ1n) is 10.1. The smallest absolute Gasteiger partial charge is 0.277 e. The molecule has 1 N–H and O–H groups in total. The van der Waals surface area contributed by atoms with Crippen LogP contribution in [0.15, 0.2) is 82.6 Å². The van der Waals surface area contributed by atoms with E-state index in [9.17, 15) is 4.79 Å². The van der Waals surface area contributed by atoms with Crippen LogP contribution in [0.25, 0.3) is 33.1 Å². The van der Waals surface area contributed by atoms with Gasteiger partial charge >= 0.3 is 0 Å². The minimum atomic E-state index is -0.00398. The van der Waals surface area contributed by atoms with Crippen molar-refractivity contribution in [1.29, 1.82) is 0 Å². The van der Waals surface area contributed by atoms with E-state index < -0.39 is 0 Å². The zero-order chi connectivity index (χ0) is 21.2. The first-order chi connectivity index (χ1) is 15.2. The summed E-state index contributed by atoms with van der Waals surface area (Å²) in [5, 5.41) is 11.9. The minimum absolute atomic E-state index is 0.00398. The van der Waals surface area contributed by atoms with Gasteiger partial charge in [-0.05, 0) is 24.4 Å². The Hall–Kier alpha value is -3.58. The summed E-state index contributed by atoms with van der Waals surface area (Å²) in [5.74, 6) is 0.650. The van der Waals surface area contributed by atoms with Gasteiger partial charge in [-0.3, -0.25) is 4.79 Å². The average Bonchev–Trinajstić information content (AvgIpc) is 3.45. The van der Waals surface area contributed by atoms with Gasteiger partial charge in [0.1, 0.15) is 0 Å². The summed E-state index contributed by atoms with van der Waals surface area (Å²) in [6.45, 7) is 2.56. The highest BCUT2D eigenvalue weighted by atomic mass is 32.2. The van der Waals surface area contributed by atoms with E-state index in [1.807, 2.05) is 67.7 Å². The largest absolute Gasteiger partial charge is 0.411 e. The molecule has 6 nitrogen and oxygen atoms in total. The van der Waals surface area contributed by atoms with Crippen molar-refractivity contribution in [3.8, 4) is 11.5 Å². The lowest BCUT2D eigenvalue weighted by molar-refractivity contribution is -0.116. The van der Waals surface area contributed by atoms with E-state index in [1.54, 1.807) is 4.90 Å². The summed E-state index contributed by atoms with van der Waals surface area (Å²) in [5.41, 5.74) is 2.78. The molecule has 0 saturated heterocycles. The molecular formula is C24H20N4O2S. The Balaban J connectivity index is 1.33. The molecule has 0 radical (unpaired) electrons. The number of benzene rings is 3. The topological polar surface area (TPSA) is 75.0 Å². The zero-order valence-corrected chi connectivity index (χ0v) is 17.7. The molecule has 3 aromatic carbocycles. The number of nitrogens with one attached hydrogen (secondary N) is 1. The molecule has 0 aliphatic heterocycles. The van der Waals surface area contributed by atoms with Crippen molar-refractivity contribution in [3.63, 3.8) is 0 Å². The highest BCUT2D eigenvalue weighted by Crippen LogP contribution is 2.31. The van der Waals surface area contributed by atoms with Gasteiger partial charge in [-0.15, -0.1) is 10.2 Å². The van der Waals surface area contributed by atoms with Crippen LogP contribution in [0, 0.1) is 0 Å². The van der Waals surface area contributed by atoms with Crippen molar-refractivity contribution in [3.05, 3.63) is 72.9 Å². The third kappa shape index (κ3) is 3.68. The van der Waals surface area contributed by atoms with E-state index in [0.717, 1.165) is 32.9 Å². The van der Waals surface area contributed by atoms with Crippen LogP contribution in [0.4, 0.5) is 5.69 Å². The average molecular weight is 429 g/mol. The van der Waals surface area contributed by atoms with E-state index in [0.29, 0.717) is 17.7 Å². The molecule has 0 unspecified atom stereocenters. The summed E-state index contributed by atoms with van der Waals surface area (Å²) in [6.07, 6.45) is 1.86. The second kappa shape index (κ2) is 8.28. The summed E-state index contributed by atoms with van der Waals surface area (Å²) in [4.78, 5) is 18.0. The molecule has 0 fully saturated rings. The lowest BCUT2D eigenvalue weighted by Gasteiger charge is -2.22. The van der Waals surface area contributed by atoms with E-state index in [-0.39, 0.29) is 11.7 Å². The van der Waals surface area contributed by atoms with Crippen molar-refractivity contribution in [1.82, 2.24) is 15.2 Å². The maximum absolute atomic E-state index is 13.0. The molecule has 0 saturated carbocycles. The normalized spacial score (nSPS) is 11.3. The summed E-state index contributed by atoms with van der Waals surface area (Å²) in [7, 11) is 0. The molecule has 0 aliphatic rings. The number of para-hydroxylation sites is 1. The third-order valence-electron chi connectivity index (χ3n) is 5.22. The Bertz CT molecular complexity index is 1370. The summed E-state index contributed by atoms with van der Waals surface area (Å²) in [6, 6.07) is 22.0. The Morgan fingerprint density at radius 2 is 1.77 bits per heavy atom. The van der Waals surface area contributed by atoms with E-state index in [2.05, 4.69) is 27.3 Å². The quantitative estimate of drug-likeness (QED) is 0.361. The van der Waals surface area contributed by atoms with Gasteiger partial charge in [0.05, 0.1) is 17.0 Å². The lowest BCUT2D eigenvalue weighted by Crippen LogP contribution is -2.32. The fourth-order valence-electron chi connectivity index (χ4n) is 3.75. The van der Waals surface area contributed by atoms with Crippen molar-refractivity contribution < 1.29 is 9.21 Å². The van der Waals surface area contributed by atoms with Gasteiger partial charge in [0.25, 0.3) is 11.1 Å². The Kier molecular flexibility index (Phi) is 5.18. The number of carbonyl (C=O) groups excluding carboxylic acids is 1. The van der Waals surface area contributed by atoms with E-state index in [1.165, 1.54) is 11.8 Å². The molecule has 5 aromatic rings. The van der Waals surface area contributed by atoms with Crippen LogP contribution < -0.4 is 4.90 Å². The van der Waals surface area contributed by atoms with Crippen molar-refractivity contribution >= 4 is 45.0 Å². The van der Waals surface area contributed by atoms with E-state index in [4.69, 9.17) is 4.42 Å². The highest BCUT2D eigenvalue weighted by molar-refractivity contribution is 7.99. The van der Waals surface area contributed by atoms with Gasteiger partial charge in [0, 0.05) is 29.0 Å². The molecule has 5 rings (SSSR count). The van der Waals surface area contributed by atoms with Crippen LogP contribution in [0.5, 0.6) is 0 Å². The third-order valence-corrected chi connectivity index (χ3v) is 6.02. The number of aromatic nitrogens is 3. The fourth-order valence-corrected chi connectivity index (χ4v) is 4.39. The Morgan fingerprint density at radius 3 is 2.65 bits per heavy atom. The van der Waals surface area contributed by atoms with Gasteiger partial charge in [0.2, 0.25) is 5.91 Å². The SMILES string of the molecule is CCN(C(=O)CSc1nnc(-c2c[nH]c3ccccc23)o1)c1cccc2ccccc12. The van der Waals surface area contributed by atoms with Crippen LogP contribution in [0.3, 0.4) is 0 Å². The Labute approximate surface area is 183 Å². The number of hydrogen-bond donors (Lipinski definition) is 1. The van der Waals surface area contributed by atoms with Crippen LogP contribution in [-0.2, 0) is 4.79 Å². The van der Waals surface area contributed by atoms with Crippen molar-refractivity contribution in [2.24, 2.45) is 0 Å². The second-order valence-electron chi connectivity index (χ2n) is 7.05. The lowest BCUT2D eigenvalue weighted by atomic mass is 10.1. The number of aromatic amines is 1. The van der Waals surface area contributed by atoms with Crippen LogP contribution in [0.1, 0.15) is 6.92 Å².